The molecular weight excluding hydrogens is 308 g/mol. The lowest BCUT2D eigenvalue weighted by molar-refractivity contribution is 0.0318. The number of aryl methyl sites for hydroxylation is 1. The number of hydrogen-bond acceptors (Lipinski definition) is 2. The van der Waals surface area contributed by atoms with E-state index in [9.17, 15) is 4.79 Å². The maximum absolute atomic E-state index is 12.5. The van der Waals surface area contributed by atoms with E-state index < -0.39 is 0 Å². The van der Waals surface area contributed by atoms with Crippen molar-refractivity contribution in [2.45, 2.75) is 64.9 Å². The molecule has 2 unspecified atom stereocenters. The van der Waals surface area contributed by atoms with Crippen LogP contribution in [0.4, 0.5) is 0 Å². The molecule has 2 nitrogen and oxygen atoms in total. The van der Waals surface area contributed by atoms with Crippen LogP contribution < -0.4 is 0 Å². The molecule has 0 radical (unpaired) electrons. The number of carbonyl (C=O) groups is 1. The summed E-state index contributed by atoms with van der Waals surface area (Å²) >= 11 is 0. The molecule has 0 aliphatic rings. The van der Waals surface area contributed by atoms with Crippen LogP contribution in [0.5, 0.6) is 0 Å². The number of unbranched alkanes of at least 4 members (excludes halogenated alkanes) is 1. The molecule has 2 heteroatoms. The highest BCUT2D eigenvalue weighted by Gasteiger charge is 2.17. The minimum Gasteiger partial charge on any atom is -0.459 e. The SMILES string of the molecule is CCC(C)c1ccccc1C(=O)OC(C)CCCCc1ccccc1. The fraction of sp³-hybridized carbons (Fsp3) is 0.435. The zero-order valence-electron chi connectivity index (χ0n) is 15.7. The van der Waals surface area contributed by atoms with Gasteiger partial charge in [-0.15, -0.1) is 0 Å². The van der Waals surface area contributed by atoms with Gasteiger partial charge in [0.05, 0.1) is 11.7 Å². The normalized spacial score (nSPS) is 13.2. The van der Waals surface area contributed by atoms with E-state index in [0.29, 0.717) is 11.5 Å². The molecule has 2 atom stereocenters. The Hall–Kier alpha value is -2.09. The van der Waals surface area contributed by atoms with E-state index in [1.807, 2.05) is 37.3 Å². The highest BCUT2D eigenvalue weighted by molar-refractivity contribution is 5.91. The Morgan fingerprint density at radius 2 is 1.64 bits per heavy atom. The Labute approximate surface area is 152 Å². The van der Waals surface area contributed by atoms with Crippen molar-refractivity contribution >= 4 is 5.97 Å². The van der Waals surface area contributed by atoms with Crippen molar-refractivity contribution in [1.29, 1.82) is 0 Å². The fourth-order valence-electron chi connectivity index (χ4n) is 3.04. The first kappa shape index (κ1) is 19.2. The van der Waals surface area contributed by atoms with Gasteiger partial charge in [0.2, 0.25) is 0 Å². The number of hydrogen-bond donors (Lipinski definition) is 0. The number of benzene rings is 2. The van der Waals surface area contributed by atoms with Gasteiger partial charge in [-0.05, 0) is 62.1 Å². The molecular formula is C23H30O2. The van der Waals surface area contributed by atoms with Gasteiger partial charge in [-0.25, -0.2) is 4.79 Å². The van der Waals surface area contributed by atoms with Crippen molar-refractivity contribution in [3.8, 4) is 0 Å². The van der Waals surface area contributed by atoms with Crippen LogP contribution in [0.1, 0.15) is 73.9 Å². The summed E-state index contributed by atoms with van der Waals surface area (Å²) in [5.41, 5.74) is 3.17. The van der Waals surface area contributed by atoms with Crippen molar-refractivity contribution in [3.05, 3.63) is 71.3 Å². The monoisotopic (exact) mass is 338 g/mol. The lowest BCUT2D eigenvalue weighted by Gasteiger charge is -2.17. The second-order valence-electron chi connectivity index (χ2n) is 6.84. The molecule has 0 heterocycles. The van der Waals surface area contributed by atoms with Gasteiger partial charge in [0.1, 0.15) is 0 Å². The molecule has 25 heavy (non-hydrogen) atoms. The molecule has 2 aromatic rings. The van der Waals surface area contributed by atoms with E-state index in [1.54, 1.807) is 0 Å². The van der Waals surface area contributed by atoms with Crippen LogP contribution in [0.2, 0.25) is 0 Å². The third kappa shape index (κ3) is 6.04. The molecule has 0 bridgehead atoms. The first-order chi connectivity index (χ1) is 12.1. The quantitative estimate of drug-likeness (QED) is 0.404. The van der Waals surface area contributed by atoms with Crippen molar-refractivity contribution in [2.75, 3.05) is 0 Å². The minimum absolute atomic E-state index is 0.0479. The maximum atomic E-state index is 12.5. The molecule has 0 amide bonds. The molecule has 0 aromatic heterocycles. The molecule has 0 aliphatic heterocycles. The van der Waals surface area contributed by atoms with E-state index in [0.717, 1.165) is 37.7 Å². The van der Waals surface area contributed by atoms with Gasteiger partial charge in [0.25, 0.3) is 0 Å². The number of esters is 1. The molecule has 0 saturated carbocycles. The lowest BCUT2D eigenvalue weighted by Crippen LogP contribution is -2.17. The van der Waals surface area contributed by atoms with Gasteiger partial charge < -0.3 is 4.74 Å². The summed E-state index contributed by atoms with van der Waals surface area (Å²) in [6.07, 6.45) is 5.14. The Kier molecular flexibility index (Phi) is 7.72. The molecule has 0 saturated heterocycles. The molecule has 0 N–H and O–H groups in total. The summed E-state index contributed by atoms with van der Waals surface area (Å²) < 4.78 is 5.69. The molecule has 2 aromatic carbocycles. The van der Waals surface area contributed by atoms with Crippen LogP contribution in [-0.4, -0.2) is 12.1 Å². The van der Waals surface area contributed by atoms with Crippen molar-refractivity contribution in [1.82, 2.24) is 0 Å². The third-order valence-corrected chi connectivity index (χ3v) is 4.80. The second-order valence-corrected chi connectivity index (χ2v) is 6.84. The Bertz CT molecular complexity index is 648. The van der Waals surface area contributed by atoms with E-state index in [-0.39, 0.29) is 12.1 Å². The lowest BCUT2D eigenvalue weighted by atomic mass is 9.94. The predicted octanol–water partition coefficient (Wildman–Crippen LogP) is 6.16. The summed E-state index contributed by atoms with van der Waals surface area (Å²) in [5, 5.41) is 0. The van der Waals surface area contributed by atoms with Crippen molar-refractivity contribution in [2.24, 2.45) is 0 Å². The van der Waals surface area contributed by atoms with Crippen LogP contribution in [0.3, 0.4) is 0 Å². The van der Waals surface area contributed by atoms with Crippen LogP contribution in [0.25, 0.3) is 0 Å². The summed E-state index contributed by atoms with van der Waals surface area (Å²) in [6.45, 7) is 6.29. The molecule has 0 aliphatic carbocycles. The summed E-state index contributed by atoms with van der Waals surface area (Å²) in [4.78, 5) is 12.5. The van der Waals surface area contributed by atoms with Gasteiger partial charge in [-0.3, -0.25) is 0 Å². The molecule has 0 spiro atoms. The zero-order valence-corrected chi connectivity index (χ0v) is 15.7. The fourth-order valence-corrected chi connectivity index (χ4v) is 3.04. The van der Waals surface area contributed by atoms with Crippen LogP contribution >= 0.6 is 0 Å². The highest BCUT2D eigenvalue weighted by Crippen LogP contribution is 2.24. The number of rotatable bonds is 9. The van der Waals surface area contributed by atoms with E-state index >= 15 is 0 Å². The first-order valence-electron chi connectivity index (χ1n) is 9.45. The second kappa shape index (κ2) is 10.0. The largest absolute Gasteiger partial charge is 0.459 e. The van der Waals surface area contributed by atoms with E-state index in [4.69, 9.17) is 4.74 Å². The number of carbonyl (C=O) groups excluding carboxylic acids is 1. The van der Waals surface area contributed by atoms with Crippen molar-refractivity contribution in [3.63, 3.8) is 0 Å². The van der Waals surface area contributed by atoms with Gasteiger partial charge in [-0.2, -0.15) is 0 Å². The smallest absolute Gasteiger partial charge is 0.338 e. The standard InChI is InChI=1S/C23H30O2/c1-4-18(2)21-16-10-11-17-22(21)23(24)25-19(3)12-8-9-15-20-13-6-5-7-14-20/h5-7,10-11,13-14,16-19H,4,8-9,12,15H2,1-3H3. The Morgan fingerprint density at radius 3 is 2.36 bits per heavy atom. The summed E-state index contributed by atoms with van der Waals surface area (Å²) in [5.74, 6) is 0.177. The summed E-state index contributed by atoms with van der Waals surface area (Å²) in [7, 11) is 0. The van der Waals surface area contributed by atoms with Crippen molar-refractivity contribution < 1.29 is 9.53 Å². The average molecular weight is 338 g/mol. The molecule has 0 fully saturated rings. The molecule has 2 rings (SSSR count). The highest BCUT2D eigenvalue weighted by atomic mass is 16.5. The Morgan fingerprint density at radius 1 is 0.960 bits per heavy atom. The summed E-state index contributed by atoms with van der Waals surface area (Å²) in [6, 6.07) is 18.3. The van der Waals surface area contributed by atoms with Crippen LogP contribution in [-0.2, 0) is 11.2 Å². The molecule has 134 valence electrons. The first-order valence-corrected chi connectivity index (χ1v) is 9.45. The van der Waals surface area contributed by atoms with Gasteiger partial charge in [0.15, 0.2) is 0 Å². The minimum atomic E-state index is -0.188. The number of ether oxygens (including phenoxy) is 1. The Balaban J connectivity index is 1.80. The van der Waals surface area contributed by atoms with Crippen LogP contribution in [0.15, 0.2) is 54.6 Å². The predicted molar refractivity (Wildman–Crippen MR) is 104 cm³/mol. The average Bonchev–Trinajstić information content (AvgIpc) is 2.65. The van der Waals surface area contributed by atoms with E-state index in [2.05, 4.69) is 38.1 Å². The maximum Gasteiger partial charge on any atom is 0.338 e. The van der Waals surface area contributed by atoms with Gasteiger partial charge >= 0.3 is 5.97 Å². The zero-order chi connectivity index (χ0) is 18.1. The van der Waals surface area contributed by atoms with Gasteiger partial charge in [0, 0.05) is 0 Å². The topological polar surface area (TPSA) is 26.3 Å². The van der Waals surface area contributed by atoms with Crippen LogP contribution in [0, 0.1) is 0 Å². The van der Waals surface area contributed by atoms with Gasteiger partial charge in [-0.1, -0.05) is 62.4 Å². The third-order valence-electron chi connectivity index (χ3n) is 4.80. The van der Waals surface area contributed by atoms with E-state index in [1.165, 1.54) is 5.56 Å².